The van der Waals surface area contributed by atoms with Crippen LogP contribution >= 0.6 is 0 Å². The van der Waals surface area contributed by atoms with E-state index in [0.29, 0.717) is 0 Å². The van der Waals surface area contributed by atoms with Crippen molar-refractivity contribution in [1.29, 1.82) is 0 Å². The molecule has 0 aromatic heterocycles. The van der Waals surface area contributed by atoms with Gasteiger partial charge >= 0.3 is 5.97 Å². The molecule has 0 aromatic rings. The molecule has 0 bridgehead atoms. The molecule has 0 aromatic carbocycles. The Morgan fingerprint density at radius 2 is 1.95 bits per heavy atom. The fourth-order valence-corrected chi connectivity index (χ4v) is 2.25. The van der Waals surface area contributed by atoms with Gasteiger partial charge in [-0.2, -0.15) is 0 Å². The fourth-order valence-electron chi connectivity index (χ4n) is 2.25. The number of carbonyl (C=O) groups is 3. The Balaban J connectivity index is 2.74. The molecule has 0 aliphatic carbocycles. The van der Waals surface area contributed by atoms with Gasteiger partial charge in [0.1, 0.15) is 12.1 Å². The zero-order valence-electron chi connectivity index (χ0n) is 12.5. The predicted octanol–water partition coefficient (Wildman–Crippen LogP) is -0.106. The monoisotopic (exact) mass is 298 g/mol. The first-order chi connectivity index (χ1) is 9.72. The zero-order chi connectivity index (χ0) is 16.2. The minimum atomic E-state index is -1.13. The number of carboxylic acids is 1. The van der Waals surface area contributed by atoms with Crippen LogP contribution in [0.2, 0.25) is 0 Å². The smallest absolute Gasteiger partial charge is 0.326 e. The lowest BCUT2D eigenvalue weighted by molar-refractivity contribution is -0.143. The standard InChI is InChI=1S/C14H22N2O5/c1-8(2)4-5-11(14(20)21)15-13(19)12-6-10(18)7-16(12)9(3)17/h4,10-12,18H,5-7H2,1-3H3,(H,15,19)(H,20,21)/t10-,11-,12+/m1/s1. The minimum Gasteiger partial charge on any atom is -0.480 e. The van der Waals surface area contributed by atoms with E-state index in [-0.39, 0.29) is 25.3 Å². The molecule has 7 nitrogen and oxygen atoms in total. The highest BCUT2D eigenvalue weighted by molar-refractivity contribution is 5.90. The second kappa shape index (κ2) is 7.21. The van der Waals surface area contributed by atoms with Crippen LogP contribution in [0.3, 0.4) is 0 Å². The maximum absolute atomic E-state index is 12.2. The summed E-state index contributed by atoms with van der Waals surface area (Å²) in [6.07, 6.45) is 1.27. The van der Waals surface area contributed by atoms with Crippen molar-refractivity contribution in [1.82, 2.24) is 10.2 Å². The van der Waals surface area contributed by atoms with Crippen molar-refractivity contribution in [2.45, 2.75) is 51.8 Å². The van der Waals surface area contributed by atoms with Crippen LogP contribution < -0.4 is 5.32 Å². The lowest BCUT2D eigenvalue weighted by Crippen LogP contribution is -2.50. The van der Waals surface area contributed by atoms with Gasteiger partial charge in [-0.15, -0.1) is 0 Å². The molecule has 0 saturated carbocycles. The number of hydrogen-bond donors (Lipinski definition) is 3. The number of aliphatic hydroxyl groups is 1. The molecule has 1 heterocycles. The largest absolute Gasteiger partial charge is 0.480 e. The summed E-state index contributed by atoms with van der Waals surface area (Å²) in [5.41, 5.74) is 0.956. The number of carbonyl (C=O) groups excluding carboxylic acids is 2. The molecule has 1 fully saturated rings. The Bertz CT molecular complexity index is 456. The molecule has 3 N–H and O–H groups in total. The number of aliphatic hydroxyl groups excluding tert-OH is 1. The summed E-state index contributed by atoms with van der Waals surface area (Å²) in [5, 5.41) is 21.1. The molecule has 1 saturated heterocycles. The van der Waals surface area contributed by atoms with Crippen LogP contribution in [0.15, 0.2) is 11.6 Å². The van der Waals surface area contributed by atoms with Crippen molar-refractivity contribution in [3.05, 3.63) is 11.6 Å². The van der Waals surface area contributed by atoms with Crippen molar-refractivity contribution in [3.63, 3.8) is 0 Å². The van der Waals surface area contributed by atoms with Crippen molar-refractivity contribution >= 4 is 17.8 Å². The third-order valence-corrected chi connectivity index (χ3v) is 3.36. The lowest BCUT2D eigenvalue weighted by Gasteiger charge is -2.23. The average molecular weight is 298 g/mol. The van der Waals surface area contributed by atoms with E-state index in [1.807, 2.05) is 13.8 Å². The van der Waals surface area contributed by atoms with Crippen LogP contribution in [0, 0.1) is 0 Å². The number of amides is 2. The van der Waals surface area contributed by atoms with Crippen molar-refractivity contribution in [3.8, 4) is 0 Å². The Hall–Kier alpha value is -1.89. The van der Waals surface area contributed by atoms with Gasteiger partial charge in [-0.05, 0) is 20.3 Å². The normalized spacial score (nSPS) is 22.6. The van der Waals surface area contributed by atoms with E-state index in [2.05, 4.69) is 5.32 Å². The van der Waals surface area contributed by atoms with Crippen LogP contribution in [0.25, 0.3) is 0 Å². The third-order valence-electron chi connectivity index (χ3n) is 3.36. The molecule has 118 valence electrons. The highest BCUT2D eigenvalue weighted by Gasteiger charge is 2.38. The number of β-amino-alcohol motifs (C(OH)–C–C–N with tert-alkyl or cyclic N) is 1. The highest BCUT2D eigenvalue weighted by atomic mass is 16.4. The fraction of sp³-hybridized carbons (Fsp3) is 0.643. The van der Waals surface area contributed by atoms with Crippen LogP contribution in [0.1, 0.15) is 33.6 Å². The predicted molar refractivity (Wildman–Crippen MR) is 75.4 cm³/mol. The first-order valence-corrected chi connectivity index (χ1v) is 6.84. The van der Waals surface area contributed by atoms with Crippen LogP contribution in [0.5, 0.6) is 0 Å². The van der Waals surface area contributed by atoms with E-state index in [1.165, 1.54) is 11.8 Å². The van der Waals surface area contributed by atoms with Gasteiger partial charge in [-0.1, -0.05) is 11.6 Å². The molecule has 1 aliphatic heterocycles. The molecule has 0 spiro atoms. The van der Waals surface area contributed by atoms with Gasteiger partial charge < -0.3 is 20.4 Å². The molecule has 2 amide bonds. The Kier molecular flexibility index (Phi) is 5.90. The van der Waals surface area contributed by atoms with E-state index < -0.39 is 30.1 Å². The van der Waals surface area contributed by atoms with Gasteiger partial charge in [-0.3, -0.25) is 9.59 Å². The Morgan fingerprint density at radius 3 is 2.43 bits per heavy atom. The number of nitrogens with one attached hydrogen (secondary N) is 1. The molecule has 1 aliphatic rings. The number of hydrogen-bond acceptors (Lipinski definition) is 4. The number of aliphatic carboxylic acids is 1. The Morgan fingerprint density at radius 1 is 1.33 bits per heavy atom. The highest BCUT2D eigenvalue weighted by Crippen LogP contribution is 2.18. The number of likely N-dealkylation sites (tertiary alicyclic amines) is 1. The molecule has 1 rings (SSSR count). The van der Waals surface area contributed by atoms with E-state index in [4.69, 9.17) is 5.11 Å². The Labute approximate surface area is 123 Å². The molecule has 0 unspecified atom stereocenters. The molecule has 3 atom stereocenters. The summed E-state index contributed by atoms with van der Waals surface area (Å²) in [6.45, 7) is 5.09. The zero-order valence-corrected chi connectivity index (χ0v) is 12.5. The second-order valence-electron chi connectivity index (χ2n) is 5.49. The number of allylic oxidation sites excluding steroid dienone is 1. The van der Waals surface area contributed by atoms with E-state index in [1.54, 1.807) is 6.08 Å². The van der Waals surface area contributed by atoms with Gasteiger partial charge in [0.15, 0.2) is 0 Å². The number of nitrogens with zero attached hydrogens (tertiary/aromatic N) is 1. The van der Waals surface area contributed by atoms with E-state index in [9.17, 15) is 19.5 Å². The second-order valence-corrected chi connectivity index (χ2v) is 5.49. The van der Waals surface area contributed by atoms with E-state index in [0.717, 1.165) is 5.57 Å². The number of rotatable bonds is 5. The van der Waals surface area contributed by atoms with Crippen molar-refractivity contribution in [2.75, 3.05) is 6.54 Å². The average Bonchev–Trinajstić information content (AvgIpc) is 2.76. The molecular weight excluding hydrogens is 276 g/mol. The van der Waals surface area contributed by atoms with Crippen LogP contribution in [0.4, 0.5) is 0 Å². The molecule has 0 radical (unpaired) electrons. The summed E-state index contributed by atoms with van der Waals surface area (Å²) in [6, 6.07) is -1.86. The summed E-state index contributed by atoms with van der Waals surface area (Å²) in [4.78, 5) is 36.0. The summed E-state index contributed by atoms with van der Waals surface area (Å²) < 4.78 is 0. The SMILES string of the molecule is CC(=O)N1C[C@H](O)C[C@H]1C(=O)N[C@H](CC=C(C)C)C(=O)O. The maximum Gasteiger partial charge on any atom is 0.326 e. The summed E-state index contributed by atoms with van der Waals surface area (Å²) >= 11 is 0. The lowest BCUT2D eigenvalue weighted by atomic mass is 10.1. The summed E-state index contributed by atoms with van der Waals surface area (Å²) in [7, 11) is 0. The quantitative estimate of drug-likeness (QED) is 0.614. The first-order valence-electron chi connectivity index (χ1n) is 6.84. The van der Waals surface area contributed by atoms with Crippen LogP contribution in [-0.2, 0) is 14.4 Å². The van der Waals surface area contributed by atoms with Gasteiger partial charge in [0.25, 0.3) is 0 Å². The van der Waals surface area contributed by atoms with Gasteiger partial charge in [0.2, 0.25) is 11.8 Å². The minimum absolute atomic E-state index is 0.0964. The van der Waals surface area contributed by atoms with Gasteiger partial charge in [0, 0.05) is 19.9 Å². The summed E-state index contributed by atoms with van der Waals surface area (Å²) in [5.74, 6) is -1.99. The first kappa shape index (κ1) is 17.2. The number of carboxylic acid groups (broad SMARTS) is 1. The topological polar surface area (TPSA) is 107 Å². The van der Waals surface area contributed by atoms with Gasteiger partial charge in [-0.25, -0.2) is 4.79 Å². The van der Waals surface area contributed by atoms with Gasteiger partial charge in [0.05, 0.1) is 6.10 Å². The van der Waals surface area contributed by atoms with Crippen molar-refractivity contribution in [2.24, 2.45) is 0 Å². The van der Waals surface area contributed by atoms with Crippen molar-refractivity contribution < 1.29 is 24.6 Å². The molecule has 7 heteroatoms. The third kappa shape index (κ3) is 4.86. The molecular formula is C14H22N2O5. The molecule has 21 heavy (non-hydrogen) atoms. The maximum atomic E-state index is 12.2. The van der Waals surface area contributed by atoms with E-state index >= 15 is 0 Å². The van der Waals surface area contributed by atoms with Crippen LogP contribution in [-0.4, -0.2) is 57.6 Å².